The van der Waals surface area contributed by atoms with E-state index >= 15 is 0 Å². The molecule has 0 saturated heterocycles. The number of aromatic nitrogens is 2. The normalized spacial score (nSPS) is 12.5. The molecule has 0 aliphatic heterocycles. The summed E-state index contributed by atoms with van der Waals surface area (Å²) in [6.07, 6.45) is 4.98. The Kier molecular flexibility index (Phi) is 3.64. The first-order valence-corrected chi connectivity index (χ1v) is 4.69. The molecule has 0 radical (unpaired) electrons. The number of rotatable bonds is 4. The van der Waals surface area contributed by atoms with Crippen molar-refractivity contribution in [2.24, 2.45) is 12.8 Å². The molecule has 1 aromatic heterocycles. The zero-order chi connectivity index (χ0) is 10.6. The van der Waals surface area contributed by atoms with Gasteiger partial charge >= 0.3 is 0 Å². The Morgan fingerprint density at radius 2 is 2.50 bits per heavy atom. The third-order valence-electron chi connectivity index (χ3n) is 1.99. The molecule has 0 bridgehead atoms. The lowest BCUT2D eigenvalue weighted by atomic mass is 10.2. The average Bonchev–Trinajstić information content (AvgIpc) is 2.52. The number of hydrogen-bond donors (Lipinski definition) is 2. The molecule has 1 atom stereocenters. The minimum atomic E-state index is -0.448. The SMILES string of the molecule is CCCC(N)C(=O)Nc1nccn1C. The minimum absolute atomic E-state index is 0.179. The summed E-state index contributed by atoms with van der Waals surface area (Å²) >= 11 is 0. The zero-order valence-electron chi connectivity index (χ0n) is 8.53. The summed E-state index contributed by atoms with van der Waals surface area (Å²) in [5, 5.41) is 2.66. The summed E-state index contributed by atoms with van der Waals surface area (Å²) in [4.78, 5) is 15.4. The maximum Gasteiger partial charge on any atom is 0.243 e. The molecule has 14 heavy (non-hydrogen) atoms. The Hall–Kier alpha value is -1.36. The molecule has 0 spiro atoms. The largest absolute Gasteiger partial charge is 0.320 e. The van der Waals surface area contributed by atoms with Crippen molar-refractivity contribution in [1.82, 2.24) is 9.55 Å². The van der Waals surface area contributed by atoms with E-state index in [0.717, 1.165) is 6.42 Å². The van der Waals surface area contributed by atoms with Gasteiger partial charge in [0.1, 0.15) is 0 Å². The molecular weight excluding hydrogens is 180 g/mol. The van der Waals surface area contributed by atoms with Crippen molar-refractivity contribution in [2.45, 2.75) is 25.8 Å². The van der Waals surface area contributed by atoms with Gasteiger partial charge < -0.3 is 10.3 Å². The quantitative estimate of drug-likeness (QED) is 0.736. The van der Waals surface area contributed by atoms with Crippen LogP contribution in [0.25, 0.3) is 0 Å². The first-order chi connectivity index (χ1) is 6.65. The molecule has 0 aromatic carbocycles. The van der Waals surface area contributed by atoms with Crippen LogP contribution in [0, 0.1) is 0 Å². The van der Waals surface area contributed by atoms with Gasteiger partial charge in [0.25, 0.3) is 0 Å². The summed E-state index contributed by atoms with van der Waals surface area (Å²) < 4.78 is 1.73. The third-order valence-corrected chi connectivity index (χ3v) is 1.99. The third kappa shape index (κ3) is 2.56. The fraction of sp³-hybridized carbons (Fsp3) is 0.556. The first-order valence-electron chi connectivity index (χ1n) is 4.69. The van der Waals surface area contributed by atoms with Gasteiger partial charge in [0.2, 0.25) is 11.9 Å². The van der Waals surface area contributed by atoms with E-state index in [2.05, 4.69) is 10.3 Å². The van der Waals surface area contributed by atoms with Gasteiger partial charge in [-0.05, 0) is 6.42 Å². The lowest BCUT2D eigenvalue weighted by Crippen LogP contribution is -2.36. The van der Waals surface area contributed by atoms with E-state index in [4.69, 9.17) is 5.73 Å². The number of carbonyl (C=O) groups excluding carboxylic acids is 1. The number of anilines is 1. The van der Waals surface area contributed by atoms with Crippen LogP contribution in [-0.4, -0.2) is 21.5 Å². The van der Waals surface area contributed by atoms with E-state index in [0.29, 0.717) is 12.4 Å². The van der Waals surface area contributed by atoms with Gasteiger partial charge in [-0.15, -0.1) is 0 Å². The molecular formula is C9H16N4O. The van der Waals surface area contributed by atoms with E-state index < -0.39 is 6.04 Å². The molecule has 0 saturated carbocycles. The fourth-order valence-corrected chi connectivity index (χ4v) is 1.13. The van der Waals surface area contributed by atoms with Crippen LogP contribution in [0.3, 0.4) is 0 Å². The molecule has 1 aromatic rings. The van der Waals surface area contributed by atoms with E-state index in [9.17, 15) is 4.79 Å². The van der Waals surface area contributed by atoms with Crippen LogP contribution in [0.15, 0.2) is 12.4 Å². The molecule has 3 N–H and O–H groups in total. The summed E-state index contributed by atoms with van der Waals surface area (Å²) in [6, 6.07) is -0.448. The second kappa shape index (κ2) is 4.76. The lowest BCUT2D eigenvalue weighted by Gasteiger charge is -2.10. The predicted molar refractivity (Wildman–Crippen MR) is 54.7 cm³/mol. The van der Waals surface area contributed by atoms with Crippen LogP contribution in [0.2, 0.25) is 0 Å². The number of nitrogens with two attached hydrogens (primary N) is 1. The highest BCUT2D eigenvalue weighted by Crippen LogP contribution is 2.02. The average molecular weight is 196 g/mol. The van der Waals surface area contributed by atoms with Crippen molar-refractivity contribution >= 4 is 11.9 Å². The Bertz CT molecular complexity index is 308. The van der Waals surface area contributed by atoms with E-state index in [-0.39, 0.29) is 5.91 Å². The van der Waals surface area contributed by atoms with Crippen LogP contribution >= 0.6 is 0 Å². The molecule has 1 amide bonds. The zero-order valence-corrected chi connectivity index (χ0v) is 8.53. The Labute approximate surface area is 83.3 Å². The highest BCUT2D eigenvalue weighted by atomic mass is 16.2. The molecule has 1 unspecified atom stereocenters. The summed E-state index contributed by atoms with van der Waals surface area (Å²) in [5.41, 5.74) is 5.65. The number of nitrogens with zero attached hydrogens (tertiary/aromatic N) is 2. The van der Waals surface area contributed by atoms with Crippen LogP contribution < -0.4 is 11.1 Å². The fourth-order valence-electron chi connectivity index (χ4n) is 1.13. The predicted octanol–water partition coefficient (Wildman–Crippen LogP) is 0.486. The van der Waals surface area contributed by atoms with Crippen molar-refractivity contribution in [2.75, 3.05) is 5.32 Å². The van der Waals surface area contributed by atoms with Crippen LogP contribution in [0.4, 0.5) is 5.95 Å². The number of nitrogens with one attached hydrogen (secondary N) is 1. The number of amides is 1. The van der Waals surface area contributed by atoms with Gasteiger partial charge in [0, 0.05) is 19.4 Å². The standard InChI is InChI=1S/C9H16N4O/c1-3-4-7(10)8(14)12-9-11-5-6-13(9)2/h5-7H,3-4,10H2,1-2H3,(H,11,12,14). The van der Waals surface area contributed by atoms with Crippen LogP contribution in [0.5, 0.6) is 0 Å². The molecule has 5 nitrogen and oxygen atoms in total. The molecule has 0 aliphatic rings. The van der Waals surface area contributed by atoms with Gasteiger partial charge in [-0.1, -0.05) is 13.3 Å². The maximum absolute atomic E-state index is 11.5. The molecule has 0 aliphatic carbocycles. The van der Waals surface area contributed by atoms with E-state index in [1.165, 1.54) is 0 Å². The topological polar surface area (TPSA) is 72.9 Å². The molecule has 1 rings (SSSR count). The number of carbonyl (C=O) groups is 1. The number of hydrogen-bond acceptors (Lipinski definition) is 3. The van der Waals surface area contributed by atoms with Gasteiger partial charge in [-0.2, -0.15) is 0 Å². The highest BCUT2D eigenvalue weighted by Gasteiger charge is 2.13. The second-order valence-corrected chi connectivity index (χ2v) is 3.25. The van der Waals surface area contributed by atoms with Gasteiger partial charge in [0.05, 0.1) is 6.04 Å². The number of imidazole rings is 1. The first kappa shape index (κ1) is 10.7. The minimum Gasteiger partial charge on any atom is -0.320 e. The smallest absolute Gasteiger partial charge is 0.243 e. The molecule has 5 heteroatoms. The van der Waals surface area contributed by atoms with Crippen molar-refractivity contribution in [3.8, 4) is 0 Å². The van der Waals surface area contributed by atoms with Crippen molar-refractivity contribution < 1.29 is 4.79 Å². The second-order valence-electron chi connectivity index (χ2n) is 3.25. The van der Waals surface area contributed by atoms with Crippen molar-refractivity contribution in [3.63, 3.8) is 0 Å². The summed E-state index contributed by atoms with van der Waals surface area (Å²) in [7, 11) is 1.81. The Morgan fingerprint density at radius 1 is 1.79 bits per heavy atom. The molecule has 78 valence electrons. The Morgan fingerprint density at radius 3 is 3.00 bits per heavy atom. The van der Waals surface area contributed by atoms with Gasteiger partial charge in [-0.25, -0.2) is 4.98 Å². The van der Waals surface area contributed by atoms with Gasteiger partial charge in [-0.3, -0.25) is 10.1 Å². The van der Waals surface area contributed by atoms with E-state index in [1.807, 2.05) is 14.0 Å². The van der Waals surface area contributed by atoms with Crippen molar-refractivity contribution in [3.05, 3.63) is 12.4 Å². The monoisotopic (exact) mass is 196 g/mol. The molecule has 0 fully saturated rings. The summed E-state index contributed by atoms with van der Waals surface area (Å²) in [5.74, 6) is 0.350. The summed E-state index contributed by atoms with van der Waals surface area (Å²) in [6.45, 7) is 1.99. The van der Waals surface area contributed by atoms with E-state index in [1.54, 1.807) is 17.0 Å². The highest BCUT2D eigenvalue weighted by molar-refractivity contribution is 5.93. The van der Waals surface area contributed by atoms with Crippen LogP contribution in [-0.2, 0) is 11.8 Å². The lowest BCUT2D eigenvalue weighted by molar-refractivity contribution is -0.117. The Balaban J connectivity index is 2.53. The number of aryl methyl sites for hydroxylation is 1. The van der Waals surface area contributed by atoms with Crippen molar-refractivity contribution in [1.29, 1.82) is 0 Å². The maximum atomic E-state index is 11.5. The molecule has 1 heterocycles. The van der Waals surface area contributed by atoms with Crippen LogP contribution in [0.1, 0.15) is 19.8 Å². The van der Waals surface area contributed by atoms with Gasteiger partial charge in [0.15, 0.2) is 0 Å².